The summed E-state index contributed by atoms with van der Waals surface area (Å²) in [4.78, 5) is 22.8. The van der Waals surface area contributed by atoms with E-state index in [0.29, 0.717) is 23.7 Å². The molecule has 8 heteroatoms. The Balaban J connectivity index is 1.82. The average Bonchev–Trinajstić information content (AvgIpc) is 2.96. The largest absolute Gasteiger partial charge is 0.480 e. The third-order valence-electron chi connectivity index (χ3n) is 3.10. The highest BCUT2D eigenvalue weighted by Crippen LogP contribution is 2.32. The fraction of sp³-hybridized carbons (Fsp3) is 0.429. The number of carboxylic acid groups (broad SMARTS) is 1. The van der Waals surface area contributed by atoms with Crippen LogP contribution in [0.1, 0.15) is 12.0 Å². The molecule has 1 aromatic rings. The number of aliphatic carboxylic acids is 1. The van der Waals surface area contributed by atoms with Gasteiger partial charge in [-0.3, -0.25) is 0 Å². The number of amides is 2. The van der Waals surface area contributed by atoms with Gasteiger partial charge in [0.2, 0.25) is 6.79 Å². The molecule has 1 aromatic carbocycles. The number of fused-ring (bicyclic) bond motifs is 1. The molecule has 1 heterocycles. The Bertz CT molecular complexity index is 552. The van der Waals surface area contributed by atoms with Gasteiger partial charge in [-0.25, -0.2) is 9.59 Å². The van der Waals surface area contributed by atoms with Gasteiger partial charge in [0.05, 0.1) is 0 Å². The van der Waals surface area contributed by atoms with Crippen LogP contribution < -0.4 is 20.1 Å². The number of rotatable bonds is 7. The van der Waals surface area contributed by atoms with Crippen molar-refractivity contribution in [1.29, 1.82) is 0 Å². The quantitative estimate of drug-likeness (QED) is 0.701. The fourth-order valence-electron chi connectivity index (χ4n) is 1.94. The predicted molar refractivity (Wildman–Crippen MR) is 82.4 cm³/mol. The molecule has 1 atom stereocenters. The summed E-state index contributed by atoms with van der Waals surface area (Å²) in [7, 11) is 0. The number of nitrogens with one attached hydrogen (secondary N) is 2. The second-order valence-electron chi connectivity index (χ2n) is 4.69. The van der Waals surface area contributed by atoms with Gasteiger partial charge in [-0.15, -0.1) is 0 Å². The molecule has 0 fully saturated rings. The Hall–Kier alpha value is -2.09. The first kappa shape index (κ1) is 16.3. The molecular weight excluding hydrogens is 308 g/mol. The molecule has 0 spiro atoms. The van der Waals surface area contributed by atoms with Crippen molar-refractivity contribution in [2.24, 2.45) is 0 Å². The van der Waals surface area contributed by atoms with Crippen molar-refractivity contribution in [2.75, 3.05) is 18.8 Å². The average molecular weight is 326 g/mol. The number of ether oxygens (including phenoxy) is 2. The summed E-state index contributed by atoms with van der Waals surface area (Å²) in [6, 6.07) is 3.98. The van der Waals surface area contributed by atoms with Gasteiger partial charge in [-0.1, -0.05) is 6.07 Å². The number of benzene rings is 1. The second-order valence-corrected chi connectivity index (χ2v) is 5.67. The Kier molecular flexibility index (Phi) is 5.76. The van der Waals surface area contributed by atoms with Crippen molar-refractivity contribution in [3.8, 4) is 11.5 Å². The minimum Gasteiger partial charge on any atom is -0.480 e. The summed E-state index contributed by atoms with van der Waals surface area (Å²) in [5, 5.41) is 14.1. The summed E-state index contributed by atoms with van der Waals surface area (Å²) < 4.78 is 10.5. The molecular formula is C14H18N2O5S. The molecule has 0 aliphatic carbocycles. The summed E-state index contributed by atoms with van der Waals surface area (Å²) in [6.07, 6.45) is 2.27. The smallest absolute Gasteiger partial charge is 0.326 e. The topological polar surface area (TPSA) is 96.9 Å². The number of hydrogen-bond donors (Lipinski definition) is 3. The van der Waals surface area contributed by atoms with Crippen LogP contribution in [0.15, 0.2) is 18.2 Å². The molecule has 120 valence electrons. The Morgan fingerprint density at radius 3 is 2.86 bits per heavy atom. The standard InChI is InChI=1S/C14H18N2O5S/c1-22-5-4-10(13(17)18)16-14(19)15-7-9-2-3-11-12(6-9)21-8-20-11/h2-3,6,10H,4-5,7-8H2,1H3,(H,17,18)(H2,15,16,19)/t10-/m0/s1. The molecule has 0 saturated heterocycles. The molecule has 3 N–H and O–H groups in total. The van der Waals surface area contributed by atoms with Crippen LogP contribution in [-0.4, -0.2) is 42.0 Å². The van der Waals surface area contributed by atoms with E-state index in [4.69, 9.17) is 14.6 Å². The summed E-state index contributed by atoms with van der Waals surface area (Å²) >= 11 is 1.54. The van der Waals surface area contributed by atoms with Gasteiger partial charge < -0.3 is 25.2 Å². The second kappa shape index (κ2) is 7.79. The van der Waals surface area contributed by atoms with E-state index in [1.165, 1.54) is 11.8 Å². The van der Waals surface area contributed by atoms with E-state index >= 15 is 0 Å². The first-order chi connectivity index (χ1) is 10.6. The summed E-state index contributed by atoms with van der Waals surface area (Å²) in [6.45, 7) is 0.472. The molecule has 1 aliphatic rings. The maximum atomic E-state index is 11.8. The molecule has 0 bridgehead atoms. The predicted octanol–water partition coefficient (Wildman–Crippen LogP) is 1.42. The minimum atomic E-state index is -1.03. The lowest BCUT2D eigenvalue weighted by atomic mass is 10.2. The van der Waals surface area contributed by atoms with E-state index in [-0.39, 0.29) is 13.3 Å². The summed E-state index contributed by atoms with van der Waals surface area (Å²) in [5.74, 6) is 0.950. The number of carboxylic acids is 1. The molecule has 0 unspecified atom stereocenters. The first-order valence-corrected chi connectivity index (χ1v) is 8.14. The van der Waals surface area contributed by atoms with Crippen LogP contribution in [0.4, 0.5) is 4.79 Å². The van der Waals surface area contributed by atoms with Crippen molar-refractivity contribution in [3.63, 3.8) is 0 Å². The fourth-order valence-corrected chi connectivity index (χ4v) is 2.41. The lowest BCUT2D eigenvalue weighted by molar-refractivity contribution is -0.139. The van der Waals surface area contributed by atoms with Gasteiger partial charge in [0, 0.05) is 6.54 Å². The minimum absolute atomic E-state index is 0.197. The maximum absolute atomic E-state index is 11.8. The van der Waals surface area contributed by atoms with Gasteiger partial charge in [-0.2, -0.15) is 11.8 Å². The Morgan fingerprint density at radius 1 is 1.36 bits per heavy atom. The van der Waals surface area contributed by atoms with E-state index in [1.807, 2.05) is 12.3 Å². The first-order valence-electron chi connectivity index (χ1n) is 6.75. The van der Waals surface area contributed by atoms with Crippen LogP contribution in [-0.2, 0) is 11.3 Å². The van der Waals surface area contributed by atoms with Gasteiger partial charge in [0.25, 0.3) is 0 Å². The maximum Gasteiger partial charge on any atom is 0.326 e. The van der Waals surface area contributed by atoms with Crippen molar-refractivity contribution in [3.05, 3.63) is 23.8 Å². The number of hydrogen-bond acceptors (Lipinski definition) is 5. The molecule has 2 amide bonds. The Morgan fingerprint density at radius 2 is 2.14 bits per heavy atom. The summed E-state index contributed by atoms with van der Waals surface area (Å²) in [5.41, 5.74) is 0.843. The van der Waals surface area contributed by atoms with Crippen molar-refractivity contribution >= 4 is 23.8 Å². The molecule has 2 rings (SSSR count). The molecule has 0 saturated carbocycles. The molecule has 22 heavy (non-hydrogen) atoms. The molecule has 0 aromatic heterocycles. The van der Waals surface area contributed by atoms with Crippen LogP contribution in [0.5, 0.6) is 11.5 Å². The van der Waals surface area contributed by atoms with E-state index in [2.05, 4.69) is 10.6 Å². The van der Waals surface area contributed by atoms with Crippen molar-refractivity contribution in [2.45, 2.75) is 19.0 Å². The molecule has 0 radical (unpaired) electrons. The number of urea groups is 1. The van der Waals surface area contributed by atoms with Crippen molar-refractivity contribution < 1.29 is 24.2 Å². The van der Waals surface area contributed by atoms with E-state index in [1.54, 1.807) is 12.1 Å². The Labute approximate surface area is 132 Å². The zero-order chi connectivity index (χ0) is 15.9. The highest BCUT2D eigenvalue weighted by Gasteiger charge is 2.19. The van der Waals surface area contributed by atoms with Gasteiger partial charge in [0.15, 0.2) is 11.5 Å². The number of carbonyl (C=O) groups excluding carboxylic acids is 1. The van der Waals surface area contributed by atoms with Crippen molar-refractivity contribution in [1.82, 2.24) is 10.6 Å². The van der Waals surface area contributed by atoms with Gasteiger partial charge >= 0.3 is 12.0 Å². The lowest BCUT2D eigenvalue weighted by Gasteiger charge is -2.14. The van der Waals surface area contributed by atoms with Crippen LogP contribution in [0, 0.1) is 0 Å². The van der Waals surface area contributed by atoms with E-state index < -0.39 is 18.0 Å². The highest BCUT2D eigenvalue weighted by atomic mass is 32.2. The zero-order valence-electron chi connectivity index (χ0n) is 12.1. The highest BCUT2D eigenvalue weighted by molar-refractivity contribution is 7.98. The van der Waals surface area contributed by atoms with E-state index in [0.717, 1.165) is 5.56 Å². The monoisotopic (exact) mass is 326 g/mol. The van der Waals surface area contributed by atoms with E-state index in [9.17, 15) is 9.59 Å². The SMILES string of the molecule is CSCC[C@H](NC(=O)NCc1ccc2c(c1)OCO2)C(=O)O. The van der Waals surface area contributed by atoms with Crippen LogP contribution in [0.2, 0.25) is 0 Å². The molecule has 7 nitrogen and oxygen atoms in total. The number of thioether (sulfide) groups is 1. The normalized spacial score (nSPS) is 13.5. The van der Waals surface area contributed by atoms with Gasteiger partial charge in [0.1, 0.15) is 6.04 Å². The third-order valence-corrected chi connectivity index (χ3v) is 3.75. The van der Waals surface area contributed by atoms with Gasteiger partial charge in [-0.05, 0) is 36.1 Å². The van der Waals surface area contributed by atoms with Crippen LogP contribution in [0.3, 0.4) is 0 Å². The third kappa shape index (κ3) is 4.45. The zero-order valence-corrected chi connectivity index (χ0v) is 12.9. The lowest BCUT2D eigenvalue weighted by Crippen LogP contribution is -2.46. The molecule has 1 aliphatic heterocycles. The van der Waals surface area contributed by atoms with Crippen LogP contribution >= 0.6 is 11.8 Å². The van der Waals surface area contributed by atoms with Crippen LogP contribution in [0.25, 0.3) is 0 Å². The number of carbonyl (C=O) groups is 2.